The Labute approximate surface area is 83.5 Å². The Morgan fingerprint density at radius 1 is 1.57 bits per heavy atom. The lowest BCUT2D eigenvalue weighted by atomic mass is 10.0. The molecule has 0 radical (unpaired) electrons. The molecule has 1 heterocycles. The van der Waals surface area contributed by atoms with Gasteiger partial charge in [-0.05, 0) is 24.8 Å². The van der Waals surface area contributed by atoms with Crippen molar-refractivity contribution in [3.05, 3.63) is 23.5 Å². The number of hydrogen-bond donors (Lipinski definition) is 1. The van der Waals surface area contributed by atoms with Crippen LogP contribution in [-0.2, 0) is 6.42 Å². The van der Waals surface area contributed by atoms with E-state index in [0.29, 0.717) is 17.2 Å². The zero-order valence-electron chi connectivity index (χ0n) is 8.53. The number of aryl methyl sites for hydroxylation is 1. The van der Waals surface area contributed by atoms with Gasteiger partial charge in [-0.25, -0.2) is 0 Å². The topological polar surface area (TPSA) is 68.9 Å². The van der Waals surface area contributed by atoms with Crippen LogP contribution in [0, 0.1) is 5.92 Å². The number of amides is 1. The molecule has 0 spiro atoms. The molecule has 0 fully saturated rings. The molecule has 2 N–H and O–H groups in total. The van der Waals surface area contributed by atoms with Gasteiger partial charge in [0.1, 0.15) is 0 Å². The third-order valence-electron chi connectivity index (χ3n) is 2.02. The smallest absolute Gasteiger partial charge is 0.250 e. The van der Waals surface area contributed by atoms with Crippen LogP contribution in [0.4, 0.5) is 0 Å². The van der Waals surface area contributed by atoms with Crippen LogP contribution in [0.2, 0.25) is 0 Å². The molecule has 1 aromatic rings. The molecular formula is C10H15N3O. The van der Waals surface area contributed by atoms with Crippen LogP contribution in [0.1, 0.15) is 36.3 Å². The fourth-order valence-electron chi connectivity index (χ4n) is 1.20. The van der Waals surface area contributed by atoms with Crippen LogP contribution in [0.3, 0.4) is 0 Å². The molecule has 0 aliphatic heterocycles. The summed E-state index contributed by atoms with van der Waals surface area (Å²) in [6.45, 7) is 4.25. The SMILES string of the molecule is CC(C)CCc1nnccc1C(N)=O. The number of hydrogen-bond acceptors (Lipinski definition) is 3. The first kappa shape index (κ1) is 10.6. The Morgan fingerprint density at radius 3 is 2.86 bits per heavy atom. The molecule has 1 amide bonds. The molecule has 0 aromatic carbocycles. The minimum absolute atomic E-state index is 0.432. The maximum atomic E-state index is 11.0. The maximum absolute atomic E-state index is 11.0. The zero-order chi connectivity index (χ0) is 10.6. The van der Waals surface area contributed by atoms with E-state index in [4.69, 9.17) is 5.73 Å². The van der Waals surface area contributed by atoms with Gasteiger partial charge in [0, 0.05) is 0 Å². The van der Waals surface area contributed by atoms with Gasteiger partial charge in [-0.3, -0.25) is 4.79 Å². The van der Waals surface area contributed by atoms with Crippen molar-refractivity contribution in [1.82, 2.24) is 10.2 Å². The molecule has 76 valence electrons. The molecule has 4 nitrogen and oxygen atoms in total. The highest BCUT2D eigenvalue weighted by atomic mass is 16.1. The van der Waals surface area contributed by atoms with Crippen molar-refractivity contribution in [1.29, 1.82) is 0 Å². The average molecular weight is 193 g/mol. The number of rotatable bonds is 4. The van der Waals surface area contributed by atoms with Crippen molar-refractivity contribution in [3.8, 4) is 0 Å². The summed E-state index contributed by atoms with van der Waals surface area (Å²) in [5, 5.41) is 7.67. The van der Waals surface area contributed by atoms with Gasteiger partial charge >= 0.3 is 0 Å². The Bertz CT molecular complexity index is 323. The highest BCUT2D eigenvalue weighted by molar-refractivity contribution is 5.93. The van der Waals surface area contributed by atoms with E-state index in [9.17, 15) is 4.79 Å². The third kappa shape index (κ3) is 2.80. The van der Waals surface area contributed by atoms with E-state index in [1.807, 2.05) is 0 Å². The predicted molar refractivity (Wildman–Crippen MR) is 53.7 cm³/mol. The molecule has 0 atom stereocenters. The van der Waals surface area contributed by atoms with Gasteiger partial charge in [0.05, 0.1) is 17.5 Å². The molecule has 0 aliphatic rings. The monoisotopic (exact) mass is 193 g/mol. The molecule has 1 aromatic heterocycles. The van der Waals surface area contributed by atoms with Gasteiger partial charge in [0.15, 0.2) is 0 Å². The Kier molecular flexibility index (Phi) is 3.56. The Morgan fingerprint density at radius 2 is 2.29 bits per heavy atom. The minimum Gasteiger partial charge on any atom is -0.366 e. The van der Waals surface area contributed by atoms with Crippen molar-refractivity contribution in [3.63, 3.8) is 0 Å². The lowest BCUT2D eigenvalue weighted by Gasteiger charge is -2.05. The van der Waals surface area contributed by atoms with Crippen LogP contribution in [-0.4, -0.2) is 16.1 Å². The average Bonchev–Trinajstić information content (AvgIpc) is 2.15. The summed E-state index contributed by atoms with van der Waals surface area (Å²) >= 11 is 0. The second-order valence-corrected chi connectivity index (χ2v) is 3.69. The summed E-state index contributed by atoms with van der Waals surface area (Å²) < 4.78 is 0. The van der Waals surface area contributed by atoms with E-state index < -0.39 is 5.91 Å². The summed E-state index contributed by atoms with van der Waals surface area (Å²) in [6, 6.07) is 1.62. The number of nitrogens with zero attached hydrogens (tertiary/aromatic N) is 2. The lowest BCUT2D eigenvalue weighted by molar-refractivity contribution is 0.0998. The highest BCUT2D eigenvalue weighted by Crippen LogP contribution is 2.10. The van der Waals surface area contributed by atoms with Gasteiger partial charge in [-0.15, -0.1) is 0 Å². The Hall–Kier alpha value is -1.45. The van der Waals surface area contributed by atoms with Gasteiger partial charge in [-0.2, -0.15) is 10.2 Å². The Balaban J connectivity index is 2.79. The molecule has 0 bridgehead atoms. The first-order chi connectivity index (χ1) is 6.61. The number of nitrogens with two attached hydrogens (primary N) is 1. The zero-order valence-corrected chi connectivity index (χ0v) is 8.53. The van der Waals surface area contributed by atoms with E-state index in [-0.39, 0.29) is 0 Å². The van der Waals surface area contributed by atoms with E-state index in [2.05, 4.69) is 24.0 Å². The lowest BCUT2D eigenvalue weighted by Crippen LogP contribution is -2.15. The minimum atomic E-state index is -0.432. The van der Waals surface area contributed by atoms with Crippen molar-refractivity contribution >= 4 is 5.91 Å². The van der Waals surface area contributed by atoms with E-state index in [0.717, 1.165) is 12.8 Å². The van der Waals surface area contributed by atoms with Gasteiger partial charge in [0.25, 0.3) is 5.91 Å². The second-order valence-electron chi connectivity index (χ2n) is 3.69. The fourth-order valence-corrected chi connectivity index (χ4v) is 1.20. The molecule has 1 rings (SSSR count). The van der Waals surface area contributed by atoms with Crippen molar-refractivity contribution in [2.75, 3.05) is 0 Å². The number of carbonyl (C=O) groups excluding carboxylic acids is 1. The summed E-state index contributed by atoms with van der Waals surface area (Å²) in [4.78, 5) is 11.0. The van der Waals surface area contributed by atoms with Crippen LogP contribution >= 0.6 is 0 Å². The first-order valence-electron chi connectivity index (χ1n) is 4.71. The van der Waals surface area contributed by atoms with Crippen LogP contribution < -0.4 is 5.73 Å². The third-order valence-corrected chi connectivity index (χ3v) is 2.02. The van der Waals surface area contributed by atoms with Crippen LogP contribution in [0.25, 0.3) is 0 Å². The van der Waals surface area contributed by atoms with E-state index >= 15 is 0 Å². The standard InChI is InChI=1S/C10H15N3O/c1-7(2)3-4-9-8(10(11)14)5-6-12-13-9/h5-7H,3-4H2,1-2H3,(H2,11,14). The second kappa shape index (κ2) is 4.69. The van der Waals surface area contributed by atoms with Crippen molar-refractivity contribution in [2.24, 2.45) is 11.7 Å². The summed E-state index contributed by atoms with van der Waals surface area (Å²) in [5.41, 5.74) is 6.40. The largest absolute Gasteiger partial charge is 0.366 e. The predicted octanol–water partition coefficient (Wildman–Crippen LogP) is 1.16. The molecule has 0 unspecified atom stereocenters. The van der Waals surface area contributed by atoms with Crippen molar-refractivity contribution < 1.29 is 4.79 Å². The number of carbonyl (C=O) groups is 1. The molecule has 4 heteroatoms. The van der Waals surface area contributed by atoms with E-state index in [1.54, 1.807) is 6.07 Å². The molecule has 0 aliphatic carbocycles. The van der Waals surface area contributed by atoms with Gasteiger partial charge in [0.2, 0.25) is 0 Å². The fraction of sp³-hybridized carbons (Fsp3) is 0.500. The molecule has 0 saturated heterocycles. The van der Waals surface area contributed by atoms with E-state index in [1.165, 1.54) is 6.20 Å². The molecular weight excluding hydrogens is 178 g/mol. The number of primary amides is 1. The van der Waals surface area contributed by atoms with Gasteiger partial charge in [-0.1, -0.05) is 13.8 Å². The summed E-state index contributed by atoms with van der Waals surface area (Å²) in [7, 11) is 0. The quantitative estimate of drug-likeness (QED) is 0.780. The van der Waals surface area contributed by atoms with Crippen LogP contribution in [0.15, 0.2) is 12.3 Å². The number of aromatic nitrogens is 2. The maximum Gasteiger partial charge on any atom is 0.250 e. The molecule has 14 heavy (non-hydrogen) atoms. The summed E-state index contributed by atoms with van der Waals surface area (Å²) in [6.07, 6.45) is 3.22. The van der Waals surface area contributed by atoms with Gasteiger partial charge < -0.3 is 5.73 Å². The van der Waals surface area contributed by atoms with Crippen molar-refractivity contribution in [2.45, 2.75) is 26.7 Å². The molecule has 0 saturated carbocycles. The van der Waals surface area contributed by atoms with Crippen LogP contribution in [0.5, 0.6) is 0 Å². The normalized spacial score (nSPS) is 10.5. The summed E-state index contributed by atoms with van der Waals surface area (Å²) in [5.74, 6) is 0.149. The first-order valence-corrected chi connectivity index (χ1v) is 4.71. The highest BCUT2D eigenvalue weighted by Gasteiger charge is 2.09.